The fourth-order valence-electron chi connectivity index (χ4n) is 4.16. The lowest BCUT2D eigenvalue weighted by atomic mass is 9.52. The molecule has 0 saturated carbocycles. The van der Waals surface area contributed by atoms with Gasteiger partial charge in [-0.15, -0.1) is 10.2 Å². The maximum Gasteiger partial charge on any atom is 0.255 e. The van der Waals surface area contributed by atoms with Crippen molar-refractivity contribution in [2.24, 2.45) is 7.05 Å². The Morgan fingerprint density at radius 3 is 2.26 bits per heavy atom. The van der Waals surface area contributed by atoms with E-state index in [-0.39, 0.29) is 11.2 Å². The third-order valence-electron chi connectivity index (χ3n) is 6.13. The number of nitrogens with zero attached hydrogens (tertiary/aromatic N) is 4. The monoisotopic (exact) mass is 443 g/mol. The topological polar surface area (TPSA) is 81.9 Å². The average molecular weight is 442 g/mol. The maximum atomic E-state index is 13.4. The summed E-state index contributed by atoms with van der Waals surface area (Å²) in [5.74, 6) is 1.04. The summed E-state index contributed by atoms with van der Waals surface area (Å²) in [6.45, 7) is 0. The fourth-order valence-corrected chi connectivity index (χ4v) is 4.16. The SMILES string of the molecule is Bc1c(B)c(C(=O)Nc2cc3cc(-c4cncn4C)ccc3nn2)c(B)c(B)c1OC(B)(B)B. The van der Waals surface area contributed by atoms with Crippen molar-refractivity contribution in [3.63, 3.8) is 0 Å². The van der Waals surface area contributed by atoms with E-state index in [0.717, 1.165) is 49.8 Å². The lowest BCUT2D eigenvalue weighted by Crippen LogP contribution is -2.51. The minimum absolute atomic E-state index is 0.208. The molecule has 14 heteroatoms. The summed E-state index contributed by atoms with van der Waals surface area (Å²) in [6.07, 6.45) is 3.59. The molecule has 0 aliphatic heterocycles. The minimum Gasteiger partial charge on any atom is -0.515 e. The molecule has 2 heterocycles. The van der Waals surface area contributed by atoms with E-state index in [0.29, 0.717) is 11.4 Å². The Balaban J connectivity index is 1.68. The zero-order valence-corrected chi connectivity index (χ0v) is 21.1. The van der Waals surface area contributed by atoms with Crippen LogP contribution in [0, 0.1) is 0 Å². The van der Waals surface area contributed by atoms with Crippen LogP contribution < -0.4 is 31.9 Å². The summed E-state index contributed by atoms with van der Waals surface area (Å²) < 4.78 is 8.18. The lowest BCUT2D eigenvalue weighted by molar-refractivity contribution is 0.102. The van der Waals surface area contributed by atoms with Gasteiger partial charge in [-0.1, -0.05) is 27.9 Å². The van der Waals surface area contributed by atoms with E-state index in [1.54, 1.807) is 6.33 Å². The highest BCUT2D eigenvalue weighted by molar-refractivity contribution is 6.62. The number of imidazole rings is 1. The summed E-state index contributed by atoms with van der Waals surface area (Å²) in [4.78, 5) is 17.6. The van der Waals surface area contributed by atoms with E-state index in [1.165, 1.54) is 0 Å². The van der Waals surface area contributed by atoms with Gasteiger partial charge in [-0.25, -0.2) is 4.98 Å². The molecule has 0 bridgehead atoms. The predicted octanol–water partition coefficient (Wildman–Crippen LogP) is -6.79. The summed E-state index contributed by atoms with van der Waals surface area (Å²) in [5, 5.41) is 12.0. The second-order valence-electron chi connectivity index (χ2n) is 9.77. The molecule has 2 aromatic carbocycles. The summed E-state index contributed by atoms with van der Waals surface area (Å²) in [6, 6.07) is 7.79. The first-order valence-electron chi connectivity index (χ1n) is 11.3. The summed E-state index contributed by atoms with van der Waals surface area (Å²) in [7, 11) is 15.9. The van der Waals surface area contributed by atoms with Crippen LogP contribution in [-0.2, 0) is 7.05 Å². The molecule has 0 unspecified atom stereocenters. The van der Waals surface area contributed by atoms with Gasteiger partial charge in [-0.05, 0) is 18.2 Å². The predicted molar refractivity (Wildman–Crippen MR) is 158 cm³/mol. The summed E-state index contributed by atoms with van der Waals surface area (Å²) >= 11 is 0. The zero-order chi connectivity index (χ0) is 24.8. The number of rotatable bonds is 5. The molecule has 0 fully saturated rings. The van der Waals surface area contributed by atoms with Crippen molar-refractivity contribution in [3.8, 4) is 17.0 Å². The number of amides is 1. The van der Waals surface area contributed by atoms with Crippen molar-refractivity contribution in [1.29, 1.82) is 0 Å². The second kappa shape index (κ2) is 8.82. The number of hydrogen-bond donors (Lipinski definition) is 1. The van der Waals surface area contributed by atoms with Crippen LogP contribution in [0.5, 0.6) is 5.75 Å². The number of ether oxygens (including phenoxy) is 1. The highest BCUT2D eigenvalue weighted by Crippen LogP contribution is 2.24. The number of hydrogen-bond acceptors (Lipinski definition) is 5. The van der Waals surface area contributed by atoms with Gasteiger partial charge in [0.1, 0.15) is 60.7 Å². The van der Waals surface area contributed by atoms with Crippen molar-refractivity contribution in [3.05, 3.63) is 42.4 Å². The third-order valence-corrected chi connectivity index (χ3v) is 6.13. The number of fused-ring (bicyclic) bond motifs is 1. The molecule has 0 saturated heterocycles. The average Bonchev–Trinajstić information content (AvgIpc) is 3.20. The van der Waals surface area contributed by atoms with Crippen LogP contribution >= 0.6 is 0 Å². The van der Waals surface area contributed by atoms with Crippen LogP contribution in [0.25, 0.3) is 22.2 Å². The second-order valence-corrected chi connectivity index (χ2v) is 9.77. The Kier molecular flexibility index (Phi) is 6.19. The number of aromatic nitrogens is 4. The van der Waals surface area contributed by atoms with Gasteiger partial charge in [0, 0.05) is 28.9 Å². The first-order chi connectivity index (χ1) is 16.0. The highest BCUT2D eigenvalue weighted by atomic mass is 16.5. The van der Waals surface area contributed by atoms with Gasteiger partial charge in [0.15, 0.2) is 5.82 Å². The van der Waals surface area contributed by atoms with Gasteiger partial charge in [-0.3, -0.25) is 4.79 Å². The van der Waals surface area contributed by atoms with Crippen LogP contribution in [0.4, 0.5) is 5.82 Å². The first kappa shape index (κ1) is 23.9. The van der Waals surface area contributed by atoms with Crippen LogP contribution in [0.3, 0.4) is 0 Å². The normalized spacial score (nSPS) is 11.4. The molecule has 34 heavy (non-hydrogen) atoms. The molecule has 0 atom stereocenters. The summed E-state index contributed by atoms with van der Waals surface area (Å²) in [5.41, 5.74) is 7.14. The van der Waals surface area contributed by atoms with Gasteiger partial charge in [0.25, 0.3) is 5.91 Å². The van der Waals surface area contributed by atoms with Crippen molar-refractivity contribution in [2.75, 3.05) is 5.32 Å². The quantitative estimate of drug-likeness (QED) is 0.311. The molecule has 0 aliphatic rings. The lowest BCUT2D eigenvalue weighted by Gasteiger charge is -2.28. The molecular weight excluding hydrogens is 418 g/mol. The Morgan fingerprint density at radius 2 is 1.68 bits per heavy atom. The molecule has 4 aromatic rings. The van der Waals surface area contributed by atoms with Crippen LogP contribution in [-0.4, -0.2) is 85.9 Å². The van der Waals surface area contributed by atoms with Crippen molar-refractivity contribution >= 4 is 99.4 Å². The molecule has 1 amide bonds. The smallest absolute Gasteiger partial charge is 0.255 e. The molecule has 0 radical (unpaired) electrons. The number of aryl methyl sites for hydroxylation is 1. The molecule has 7 nitrogen and oxygen atoms in total. The molecule has 0 aliphatic carbocycles. The van der Waals surface area contributed by atoms with Crippen LogP contribution in [0.1, 0.15) is 10.4 Å². The number of nitrogens with one attached hydrogen (secondary N) is 1. The van der Waals surface area contributed by atoms with E-state index in [4.69, 9.17) is 4.74 Å². The number of carbonyl (C=O) groups is 1. The van der Waals surface area contributed by atoms with Gasteiger partial charge in [-0.2, -0.15) is 0 Å². The van der Waals surface area contributed by atoms with Gasteiger partial charge in [0.2, 0.25) is 0 Å². The molecule has 0 spiro atoms. The van der Waals surface area contributed by atoms with E-state index in [2.05, 4.69) is 20.5 Å². The minimum atomic E-state index is -0.326. The van der Waals surface area contributed by atoms with Gasteiger partial charge < -0.3 is 14.6 Å². The zero-order valence-electron chi connectivity index (χ0n) is 21.1. The number of anilines is 1. The fraction of sp³-hybridized carbons (Fsp3) is 0.100. The Morgan fingerprint density at radius 1 is 1.00 bits per heavy atom. The first-order valence-corrected chi connectivity index (χ1v) is 11.3. The molecule has 162 valence electrons. The standard InChI is InChI=1S/C20H24B7N5O2/c1-32-7-28-6-11(32)8-2-3-10-9(4-8)5-12(31-30-10)29-19(33)13-14(21)16(23)18(17(24)15(13)22)34-20(25,26)27/h2-7H,21-27H2,1H3,(H,29,31,33). The highest BCUT2D eigenvalue weighted by Gasteiger charge is 2.23. The Labute approximate surface area is 205 Å². The van der Waals surface area contributed by atoms with Gasteiger partial charge >= 0.3 is 0 Å². The number of benzene rings is 2. The van der Waals surface area contributed by atoms with Crippen molar-refractivity contribution < 1.29 is 9.53 Å². The van der Waals surface area contributed by atoms with E-state index in [1.807, 2.05) is 97.0 Å². The Bertz CT molecular complexity index is 1410. The van der Waals surface area contributed by atoms with Crippen LogP contribution in [0.2, 0.25) is 0 Å². The largest absolute Gasteiger partial charge is 0.515 e. The van der Waals surface area contributed by atoms with Crippen molar-refractivity contribution in [1.82, 2.24) is 19.7 Å². The van der Waals surface area contributed by atoms with Crippen LogP contribution in [0.15, 0.2) is 36.8 Å². The van der Waals surface area contributed by atoms with Crippen molar-refractivity contribution in [2.45, 2.75) is 5.30 Å². The molecular formula is C20H24B7N5O2. The van der Waals surface area contributed by atoms with E-state index < -0.39 is 0 Å². The third kappa shape index (κ3) is 4.54. The van der Waals surface area contributed by atoms with E-state index in [9.17, 15) is 4.79 Å². The Hall–Kier alpha value is -3.29. The molecule has 1 N–H and O–H groups in total. The molecule has 4 rings (SSSR count). The van der Waals surface area contributed by atoms with Gasteiger partial charge in [0.05, 0.1) is 23.7 Å². The molecule has 2 aromatic heterocycles. The maximum absolute atomic E-state index is 13.4. The number of carbonyl (C=O) groups excluding carboxylic acids is 1. The van der Waals surface area contributed by atoms with E-state index >= 15 is 0 Å².